The lowest BCUT2D eigenvalue weighted by molar-refractivity contribution is -0.155. The van der Waals surface area contributed by atoms with Gasteiger partial charge in [-0.15, -0.1) is 6.42 Å². The average Bonchev–Trinajstić information content (AvgIpc) is 2.14. The van der Waals surface area contributed by atoms with Gasteiger partial charge in [0.25, 0.3) is 0 Å². The molecule has 0 aromatic rings. The van der Waals surface area contributed by atoms with Crippen molar-refractivity contribution in [3.8, 4) is 12.3 Å². The van der Waals surface area contributed by atoms with Gasteiger partial charge in [0, 0.05) is 6.54 Å². The van der Waals surface area contributed by atoms with E-state index >= 15 is 0 Å². The molecule has 0 spiro atoms. The second-order valence-electron chi connectivity index (χ2n) is 5.10. The number of hydrogen-bond acceptors (Lipinski definition) is 2. The smallest absolute Gasteiger partial charge is 0.316 e. The summed E-state index contributed by atoms with van der Waals surface area (Å²) >= 11 is 0. The zero-order chi connectivity index (χ0) is 13.6. The first-order valence-electron chi connectivity index (χ1n) is 5.70. The molecule has 1 N–H and O–H groups in total. The molecule has 0 aliphatic carbocycles. The SMILES string of the molecule is C#CCN(CCC)C(=O)C(C(=O)O)C(C)(C)C. The molecule has 1 atom stereocenters. The number of rotatable bonds is 5. The Kier molecular flexibility index (Phi) is 5.73. The molecule has 0 radical (unpaired) electrons. The van der Waals surface area contributed by atoms with Crippen LogP contribution >= 0.6 is 0 Å². The molecular formula is C13H21NO3. The highest BCUT2D eigenvalue weighted by Gasteiger charge is 2.39. The van der Waals surface area contributed by atoms with Crippen molar-refractivity contribution in [2.24, 2.45) is 11.3 Å². The number of carboxylic acid groups (broad SMARTS) is 1. The fraction of sp³-hybridized carbons (Fsp3) is 0.692. The molecular weight excluding hydrogens is 218 g/mol. The lowest BCUT2D eigenvalue weighted by Crippen LogP contribution is -2.45. The van der Waals surface area contributed by atoms with Gasteiger partial charge in [-0.2, -0.15) is 0 Å². The number of carbonyl (C=O) groups excluding carboxylic acids is 1. The van der Waals surface area contributed by atoms with Gasteiger partial charge in [-0.25, -0.2) is 0 Å². The summed E-state index contributed by atoms with van der Waals surface area (Å²) in [6.07, 6.45) is 5.95. The van der Waals surface area contributed by atoms with E-state index in [2.05, 4.69) is 5.92 Å². The number of terminal acetylenes is 1. The molecule has 0 aromatic heterocycles. The van der Waals surface area contributed by atoms with E-state index in [1.165, 1.54) is 4.90 Å². The lowest BCUT2D eigenvalue weighted by Gasteiger charge is -2.30. The summed E-state index contributed by atoms with van der Waals surface area (Å²) in [5, 5.41) is 9.17. The van der Waals surface area contributed by atoms with Gasteiger partial charge in [0.1, 0.15) is 5.92 Å². The summed E-state index contributed by atoms with van der Waals surface area (Å²) in [5.74, 6) is -0.157. The molecule has 0 fully saturated rings. The van der Waals surface area contributed by atoms with Crippen molar-refractivity contribution in [1.82, 2.24) is 4.90 Å². The molecule has 0 bridgehead atoms. The summed E-state index contributed by atoms with van der Waals surface area (Å²) in [5.41, 5.74) is -0.622. The van der Waals surface area contributed by atoms with Crippen LogP contribution in [0.5, 0.6) is 0 Å². The Hall–Kier alpha value is -1.50. The van der Waals surface area contributed by atoms with Crippen molar-refractivity contribution in [2.45, 2.75) is 34.1 Å². The largest absolute Gasteiger partial charge is 0.481 e. The zero-order valence-corrected chi connectivity index (χ0v) is 11.0. The molecule has 0 heterocycles. The molecule has 0 aliphatic rings. The number of carbonyl (C=O) groups is 2. The van der Waals surface area contributed by atoms with Crippen LogP contribution in [0.1, 0.15) is 34.1 Å². The van der Waals surface area contributed by atoms with Crippen LogP contribution in [0.3, 0.4) is 0 Å². The van der Waals surface area contributed by atoms with Crippen LogP contribution in [0.25, 0.3) is 0 Å². The van der Waals surface area contributed by atoms with Gasteiger partial charge in [0.05, 0.1) is 6.54 Å². The van der Waals surface area contributed by atoms with Crippen LogP contribution in [-0.2, 0) is 9.59 Å². The van der Waals surface area contributed by atoms with Crippen molar-refractivity contribution < 1.29 is 14.7 Å². The van der Waals surface area contributed by atoms with E-state index in [1.54, 1.807) is 20.8 Å². The first kappa shape index (κ1) is 15.5. The third kappa shape index (κ3) is 4.48. The van der Waals surface area contributed by atoms with E-state index in [-0.39, 0.29) is 6.54 Å². The molecule has 17 heavy (non-hydrogen) atoms. The predicted octanol–water partition coefficient (Wildman–Crippen LogP) is 1.61. The summed E-state index contributed by atoms with van der Waals surface area (Å²) in [4.78, 5) is 24.8. The number of amides is 1. The number of nitrogens with zero attached hydrogens (tertiary/aromatic N) is 1. The third-order valence-corrected chi connectivity index (χ3v) is 2.45. The monoisotopic (exact) mass is 239 g/mol. The highest BCUT2D eigenvalue weighted by Crippen LogP contribution is 2.28. The van der Waals surface area contributed by atoms with Crippen LogP contribution in [0.15, 0.2) is 0 Å². The molecule has 4 nitrogen and oxygen atoms in total. The molecule has 1 amide bonds. The Balaban J connectivity index is 5.06. The Bertz CT molecular complexity index is 323. The second kappa shape index (κ2) is 6.29. The van der Waals surface area contributed by atoms with E-state index in [9.17, 15) is 9.59 Å². The maximum atomic E-state index is 12.2. The summed E-state index contributed by atoms with van der Waals surface area (Å²) in [6, 6.07) is 0. The molecule has 0 rings (SSSR count). The Morgan fingerprint density at radius 3 is 2.24 bits per heavy atom. The summed E-state index contributed by atoms with van der Waals surface area (Å²) in [6.45, 7) is 7.79. The fourth-order valence-electron chi connectivity index (χ4n) is 1.68. The van der Waals surface area contributed by atoms with Gasteiger partial charge in [0.15, 0.2) is 0 Å². The van der Waals surface area contributed by atoms with Crippen LogP contribution in [0.4, 0.5) is 0 Å². The Labute approximate surface area is 103 Å². The van der Waals surface area contributed by atoms with Crippen LogP contribution in [0.2, 0.25) is 0 Å². The first-order chi connectivity index (χ1) is 7.75. The van der Waals surface area contributed by atoms with Crippen LogP contribution < -0.4 is 0 Å². The van der Waals surface area contributed by atoms with Gasteiger partial charge >= 0.3 is 5.97 Å². The van der Waals surface area contributed by atoms with E-state index in [4.69, 9.17) is 11.5 Å². The summed E-state index contributed by atoms with van der Waals surface area (Å²) in [7, 11) is 0. The maximum absolute atomic E-state index is 12.2. The van der Waals surface area contributed by atoms with Gasteiger partial charge in [0.2, 0.25) is 5.91 Å². The Morgan fingerprint density at radius 1 is 1.41 bits per heavy atom. The fourth-order valence-corrected chi connectivity index (χ4v) is 1.68. The number of hydrogen-bond donors (Lipinski definition) is 1. The van der Waals surface area contributed by atoms with Crippen molar-refractivity contribution in [3.63, 3.8) is 0 Å². The highest BCUT2D eigenvalue weighted by molar-refractivity contribution is 5.97. The van der Waals surface area contributed by atoms with E-state index in [1.807, 2.05) is 6.92 Å². The molecule has 0 saturated carbocycles. The average molecular weight is 239 g/mol. The Morgan fingerprint density at radius 2 is 1.94 bits per heavy atom. The van der Waals surface area contributed by atoms with Crippen molar-refractivity contribution in [2.75, 3.05) is 13.1 Å². The van der Waals surface area contributed by atoms with Crippen molar-refractivity contribution >= 4 is 11.9 Å². The van der Waals surface area contributed by atoms with E-state index in [0.29, 0.717) is 6.54 Å². The minimum absolute atomic E-state index is 0.159. The minimum Gasteiger partial charge on any atom is -0.481 e. The third-order valence-electron chi connectivity index (χ3n) is 2.45. The van der Waals surface area contributed by atoms with Gasteiger partial charge in [-0.05, 0) is 11.8 Å². The second-order valence-corrected chi connectivity index (χ2v) is 5.10. The highest BCUT2D eigenvalue weighted by atomic mass is 16.4. The van der Waals surface area contributed by atoms with Gasteiger partial charge < -0.3 is 10.0 Å². The van der Waals surface area contributed by atoms with Crippen LogP contribution in [-0.4, -0.2) is 35.0 Å². The molecule has 1 unspecified atom stereocenters. The number of carboxylic acids is 1. The van der Waals surface area contributed by atoms with E-state index in [0.717, 1.165) is 6.42 Å². The topological polar surface area (TPSA) is 57.6 Å². The standard InChI is InChI=1S/C13H21NO3/c1-6-8-14(9-7-2)11(15)10(12(16)17)13(3,4)5/h1,10H,7-9H2,2-5H3,(H,16,17). The van der Waals surface area contributed by atoms with Gasteiger partial charge in [-0.3, -0.25) is 9.59 Å². The number of aliphatic carboxylic acids is 1. The lowest BCUT2D eigenvalue weighted by atomic mass is 9.80. The molecule has 96 valence electrons. The van der Waals surface area contributed by atoms with Gasteiger partial charge in [-0.1, -0.05) is 33.6 Å². The van der Waals surface area contributed by atoms with Crippen LogP contribution in [0, 0.1) is 23.7 Å². The normalized spacial score (nSPS) is 12.6. The van der Waals surface area contributed by atoms with E-state index < -0.39 is 23.2 Å². The van der Waals surface area contributed by atoms with Crippen molar-refractivity contribution in [3.05, 3.63) is 0 Å². The quantitative estimate of drug-likeness (QED) is 0.585. The molecule has 0 aliphatic heterocycles. The predicted molar refractivity (Wildman–Crippen MR) is 66.3 cm³/mol. The molecule has 0 saturated heterocycles. The molecule has 0 aromatic carbocycles. The first-order valence-corrected chi connectivity index (χ1v) is 5.70. The minimum atomic E-state index is -1.10. The zero-order valence-electron chi connectivity index (χ0n) is 11.0. The summed E-state index contributed by atoms with van der Waals surface area (Å²) < 4.78 is 0. The van der Waals surface area contributed by atoms with Crippen molar-refractivity contribution in [1.29, 1.82) is 0 Å². The molecule has 4 heteroatoms. The maximum Gasteiger partial charge on any atom is 0.316 e.